The Hall–Kier alpha value is -1.26. The molecule has 2 rings (SSSR count). The van der Waals surface area contributed by atoms with Crippen LogP contribution in [0.3, 0.4) is 0 Å². The van der Waals surface area contributed by atoms with Gasteiger partial charge in [0.25, 0.3) is 0 Å². The van der Waals surface area contributed by atoms with Crippen molar-refractivity contribution in [2.75, 3.05) is 43.9 Å². The van der Waals surface area contributed by atoms with Crippen LogP contribution in [0.25, 0.3) is 0 Å². The number of halogens is 1. The van der Waals surface area contributed by atoms with Gasteiger partial charge in [0.05, 0.1) is 17.3 Å². The number of benzene rings is 1. The van der Waals surface area contributed by atoms with E-state index in [0.717, 1.165) is 24.5 Å². The number of amides is 1. The van der Waals surface area contributed by atoms with E-state index in [1.807, 2.05) is 31.1 Å². The molecule has 110 valence electrons. The van der Waals surface area contributed by atoms with Crippen LogP contribution in [0.5, 0.6) is 0 Å². The quantitative estimate of drug-likeness (QED) is 0.928. The van der Waals surface area contributed by atoms with Crippen LogP contribution in [0.15, 0.2) is 18.2 Å². The summed E-state index contributed by atoms with van der Waals surface area (Å²) in [7, 11) is 3.88. The molecule has 1 aromatic carbocycles. The van der Waals surface area contributed by atoms with Gasteiger partial charge < -0.3 is 10.2 Å². The Morgan fingerprint density at radius 1 is 1.30 bits per heavy atom. The lowest BCUT2D eigenvalue weighted by Crippen LogP contribution is -2.36. The van der Waals surface area contributed by atoms with Gasteiger partial charge >= 0.3 is 0 Å². The summed E-state index contributed by atoms with van der Waals surface area (Å²) < 4.78 is 0. The number of carbonyl (C=O) groups excluding carboxylic acids is 1. The zero-order chi connectivity index (χ0) is 14.5. The Balaban J connectivity index is 1.92. The molecule has 1 N–H and O–H groups in total. The number of hydrogen-bond donors (Lipinski definition) is 1. The monoisotopic (exact) mass is 295 g/mol. The first kappa shape index (κ1) is 15.1. The number of rotatable bonds is 4. The van der Waals surface area contributed by atoms with Crippen LogP contribution >= 0.6 is 11.6 Å². The molecule has 5 heteroatoms. The molecule has 0 spiro atoms. The van der Waals surface area contributed by atoms with E-state index in [9.17, 15) is 4.79 Å². The fraction of sp³-hybridized carbons (Fsp3) is 0.533. The van der Waals surface area contributed by atoms with Gasteiger partial charge in [0.1, 0.15) is 0 Å². The summed E-state index contributed by atoms with van der Waals surface area (Å²) in [6, 6.07) is 5.60. The van der Waals surface area contributed by atoms with Crippen LogP contribution in [-0.4, -0.2) is 44.5 Å². The maximum atomic E-state index is 12.0. The fourth-order valence-electron chi connectivity index (χ4n) is 2.47. The second kappa shape index (κ2) is 6.95. The van der Waals surface area contributed by atoms with Gasteiger partial charge in [-0.25, -0.2) is 0 Å². The van der Waals surface area contributed by atoms with Gasteiger partial charge in [-0.1, -0.05) is 18.0 Å². The molecule has 0 bridgehead atoms. The number of nitrogens with zero attached hydrogens (tertiary/aromatic N) is 2. The van der Waals surface area contributed by atoms with Crippen LogP contribution < -0.4 is 10.2 Å². The SMILES string of the molecule is CN(C)c1ccc(NC(=O)CN2CCCCC2)cc1Cl. The molecule has 1 aromatic rings. The lowest BCUT2D eigenvalue weighted by Gasteiger charge is -2.25. The standard InChI is InChI=1S/C15H22ClN3O/c1-18(2)14-7-6-12(10-13(14)16)17-15(20)11-19-8-4-3-5-9-19/h6-7,10H,3-5,8-9,11H2,1-2H3,(H,17,20). The van der Waals surface area contributed by atoms with Gasteiger partial charge in [0.2, 0.25) is 5.91 Å². The summed E-state index contributed by atoms with van der Waals surface area (Å²) in [5.41, 5.74) is 1.70. The van der Waals surface area contributed by atoms with Crippen LogP contribution in [0.4, 0.5) is 11.4 Å². The van der Waals surface area contributed by atoms with Crippen LogP contribution in [0.1, 0.15) is 19.3 Å². The van der Waals surface area contributed by atoms with Gasteiger partial charge in [-0.05, 0) is 44.1 Å². The predicted molar refractivity (Wildman–Crippen MR) is 84.7 cm³/mol. The number of anilines is 2. The molecule has 1 amide bonds. The van der Waals surface area contributed by atoms with Gasteiger partial charge in [-0.15, -0.1) is 0 Å². The van der Waals surface area contributed by atoms with E-state index >= 15 is 0 Å². The average Bonchev–Trinajstić information content (AvgIpc) is 2.39. The first-order valence-corrected chi connectivity index (χ1v) is 7.43. The van der Waals surface area contributed by atoms with E-state index < -0.39 is 0 Å². The van der Waals surface area contributed by atoms with Gasteiger partial charge in [0.15, 0.2) is 0 Å². The van der Waals surface area contributed by atoms with E-state index in [4.69, 9.17) is 11.6 Å². The third-order valence-electron chi connectivity index (χ3n) is 3.53. The van der Waals surface area contributed by atoms with Gasteiger partial charge in [0, 0.05) is 19.8 Å². The van der Waals surface area contributed by atoms with Crippen LogP contribution in [0.2, 0.25) is 5.02 Å². The highest BCUT2D eigenvalue weighted by Crippen LogP contribution is 2.27. The van der Waals surface area contributed by atoms with Gasteiger partial charge in [-0.2, -0.15) is 0 Å². The molecule has 0 aliphatic carbocycles. The summed E-state index contributed by atoms with van der Waals surface area (Å²) in [4.78, 5) is 16.2. The minimum Gasteiger partial charge on any atom is -0.376 e. The molecular formula is C15H22ClN3O. The minimum atomic E-state index is 0.0283. The third kappa shape index (κ3) is 4.12. The highest BCUT2D eigenvalue weighted by molar-refractivity contribution is 6.33. The molecular weight excluding hydrogens is 274 g/mol. The first-order valence-electron chi connectivity index (χ1n) is 7.05. The van der Waals surface area contributed by atoms with Crippen LogP contribution in [0, 0.1) is 0 Å². The predicted octanol–water partition coefficient (Wildman–Crippen LogP) is 2.83. The second-order valence-corrected chi connectivity index (χ2v) is 5.85. The van der Waals surface area contributed by atoms with Crippen molar-refractivity contribution in [3.05, 3.63) is 23.2 Å². The zero-order valence-electron chi connectivity index (χ0n) is 12.2. The Bertz CT molecular complexity index is 470. The molecule has 1 fully saturated rings. The van der Waals surface area contributed by atoms with E-state index in [1.54, 1.807) is 6.07 Å². The molecule has 0 unspecified atom stereocenters. The van der Waals surface area contributed by atoms with E-state index in [0.29, 0.717) is 11.6 Å². The molecule has 1 saturated heterocycles. The lowest BCUT2D eigenvalue weighted by atomic mass is 10.1. The molecule has 0 radical (unpaired) electrons. The molecule has 0 aromatic heterocycles. The maximum absolute atomic E-state index is 12.0. The molecule has 4 nitrogen and oxygen atoms in total. The molecule has 1 aliphatic rings. The van der Waals surface area contributed by atoms with Crippen molar-refractivity contribution < 1.29 is 4.79 Å². The Kier molecular flexibility index (Phi) is 5.26. The van der Waals surface area contributed by atoms with Crippen molar-refractivity contribution in [2.45, 2.75) is 19.3 Å². The number of nitrogens with one attached hydrogen (secondary N) is 1. The number of hydrogen-bond acceptors (Lipinski definition) is 3. The smallest absolute Gasteiger partial charge is 0.238 e. The number of likely N-dealkylation sites (tertiary alicyclic amines) is 1. The van der Waals surface area contributed by atoms with Crippen molar-refractivity contribution in [3.8, 4) is 0 Å². The Morgan fingerprint density at radius 2 is 2.00 bits per heavy atom. The maximum Gasteiger partial charge on any atom is 0.238 e. The number of carbonyl (C=O) groups is 1. The minimum absolute atomic E-state index is 0.0283. The summed E-state index contributed by atoms with van der Waals surface area (Å²) in [6.07, 6.45) is 3.66. The molecule has 20 heavy (non-hydrogen) atoms. The lowest BCUT2D eigenvalue weighted by molar-refractivity contribution is -0.117. The van der Waals surface area contributed by atoms with Crippen molar-refractivity contribution in [3.63, 3.8) is 0 Å². The normalized spacial score (nSPS) is 15.9. The summed E-state index contributed by atoms with van der Waals surface area (Å²) >= 11 is 6.20. The van der Waals surface area contributed by atoms with Crippen molar-refractivity contribution in [1.82, 2.24) is 4.90 Å². The van der Waals surface area contributed by atoms with E-state index in [2.05, 4.69) is 10.2 Å². The number of piperidine rings is 1. The highest BCUT2D eigenvalue weighted by Gasteiger charge is 2.14. The Labute approximate surface area is 125 Å². The topological polar surface area (TPSA) is 35.6 Å². The Morgan fingerprint density at radius 3 is 2.60 bits per heavy atom. The van der Waals surface area contributed by atoms with Crippen molar-refractivity contribution >= 4 is 28.9 Å². The third-order valence-corrected chi connectivity index (χ3v) is 3.83. The molecule has 0 saturated carbocycles. The fourth-order valence-corrected chi connectivity index (χ4v) is 2.82. The van der Waals surface area contributed by atoms with Gasteiger partial charge in [-0.3, -0.25) is 9.69 Å². The van der Waals surface area contributed by atoms with E-state index in [1.165, 1.54) is 19.3 Å². The summed E-state index contributed by atoms with van der Waals surface area (Å²) in [5.74, 6) is 0.0283. The molecule has 1 aliphatic heterocycles. The first-order chi connectivity index (χ1) is 9.56. The second-order valence-electron chi connectivity index (χ2n) is 5.45. The zero-order valence-corrected chi connectivity index (χ0v) is 12.9. The summed E-state index contributed by atoms with van der Waals surface area (Å²) in [5, 5.41) is 3.56. The largest absolute Gasteiger partial charge is 0.376 e. The van der Waals surface area contributed by atoms with Crippen LogP contribution in [-0.2, 0) is 4.79 Å². The van der Waals surface area contributed by atoms with E-state index in [-0.39, 0.29) is 5.91 Å². The summed E-state index contributed by atoms with van der Waals surface area (Å²) in [6.45, 7) is 2.51. The average molecular weight is 296 g/mol. The molecule has 0 atom stereocenters. The van der Waals surface area contributed by atoms with Crippen molar-refractivity contribution in [2.24, 2.45) is 0 Å². The highest BCUT2D eigenvalue weighted by atomic mass is 35.5. The van der Waals surface area contributed by atoms with Crippen molar-refractivity contribution in [1.29, 1.82) is 0 Å². The molecule has 1 heterocycles.